The molecule has 1 aromatic heterocycles. The number of nitrogens with zero attached hydrogens (tertiary/aromatic N) is 2. The standard InChI is InChI=1S/C22H20ClFN2O2.ClH/c23-16-5-6-18-19(14-26(11-12-27)21(18)13-16)22(28)25-9-7-15(8-10-25)17-3-1-2-4-20(17)24;/h1-6,12-15H,7-11H2;1H. The van der Waals surface area contributed by atoms with Crippen molar-refractivity contribution >= 4 is 47.1 Å². The number of halogens is 3. The quantitative estimate of drug-likeness (QED) is 0.537. The van der Waals surface area contributed by atoms with Crippen molar-refractivity contribution < 1.29 is 14.0 Å². The van der Waals surface area contributed by atoms with E-state index in [9.17, 15) is 14.0 Å². The highest BCUT2D eigenvalue weighted by atomic mass is 35.5. The minimum atomic E-state index is -0.180. The van der Waals surface area contributed by atoms with Crippen molar-refractivity contribution in [3.8, 4) is 0 Å². The van der Waals surface area contributed by atoms with Gasteiger partial charge >= 0.3 is 0 Å². The van der Waals surface area contributed by atoms with Crippen LogP contribution in [0.15, 0.2) is 48.7 Å². The van der Waals surface area contributed by atoms with Crippen LogP contribution >= 0.6 is 24.0 Å². The maximum atomic E-state index is 14.1. The topological polar surface area (TPSA) is 42.3 Å². The summed E-state index contributed by atoms with van der Waals surface area (Å²) in [6.07, 6.45) is 3.98. The second-order valence-corrected chi connectivity index (χ2v) is 7.55. The second-order valence-electron chi connectivity index (χ2n) is 7.11. The number of amides is 1. The number of likely N-dealkylation sites (tertiary alicyclic amines) is 1. The Hall–Kier alpha value is -2.37. The number of hydrogen-bond acceptors (Lipinski definition) is 2. The lowest BCUT2D eigenvalue weighted by atomic mass is 9.89. The van der Waals surface area contributed by atoms with Gasteiger partial charge in [0.15, 0.2) is 0 Å². The number of fused-ring (bicyclic) bond motifs is 1. The lowest BCUT2D eigenvalue weighted by molar-refractivity contribution is -0.108. The van der Waals surface area contributed by atoms with E-state index in [1.807, 2.05) is 23.1 Å². The Labute approximate surface area is 179 Å². The summed E-state index contributed by atoms with van der Waals surface area (Å²) in [5, 5.41) is 1.34. The number of piperidine rings is 1. The van der Waals surface area contributed by atoms with Crippen molar-refractivity contribution in [2.24, 2.45) is 0 Å². The first-order chi connectivity index (χ1) is 13.6. The van der Waals surface area contributed by atoms with Gasteiger partial charge < -0.3 is 14.3 Å². The fraction of sp³-hybridized carbons (Fsp3) is 0.273. The number of carbonyl (C=O) groups excluding carboxylic acids is 2. The van der Waals surface area contributed by atoms with Crippen LogP contribution in [0.4, 0.5) is 4.39 Å². The first kappa shape index (κ1) is 21.3. The summed E-state index contributed by atoms with van der Waals surface area (Å²) >= 11 is 6.09. The van der Waals surface area contributed by atoms with Crippen LogP contribution in [0.25, 0.3) is 10.9 Å². The predicted octanol–water partition coefficient (Wildman–Crippen LogP) is 5.07. The number of carbonyl (C=O) groups is 2. The summed E-state index contributed by atoms with van der Waals surface area (Å²) in [5.41, 5.74) is 2.06. The average Bonchev–Trinajstić information content (AvgIpc) is 3.06. The normalized spacial score (nSPS) is 14.6. The summed E-state index contributed by atoms with van der Waals surface area (Å²) in [5.74, 6) is -0.120. The van der Waals surface area contributed by atoms with Crippen molar-refractivity contribution in [3.63, 3.8) is 0 Å². The lowest BCUT2D eigenvalue weighted by Crippen LogP contribution is -2.38. The Morgan fingerprint density at radius 3 is 2.59 bits per heavy atom. The van der Waals surface area contributed by atoms with Gasteiger partial charge in [-0.3, -0.25) is 4.79 Å². The Kier molecular flexibility index (Phi) is 6.60. The monoisotopic (exact) mass is 434 g/mol. The summed E-state index contributed by atoms with van der Waals surface area (Å²) in [6, 6.07) is 12.2. The van der Waals surface area contributed by atoms with E-state index >= 15 is 0 Å². The van der Waals surface area contributed by atoms with Crippen molar-refractivity contribution in [1.82, 2.24) is 9.47 Å². The molecule has 0 N–H and O–H groups in total. The van der Waals surface area contributed by atoms with Crippen molar-refractivity contribution in [3.05, 3.63) is 70.6 Å². The van der Waals surface area contributed by atoms with E-state index < -0.39 is 0 Å². The van der Waals surface area contributed by atoms with Gasteiger partial charge in [0.1, 0.15) is 12.1 Å². The maximum absolute atomic E-state index is 14.1. The Morgan fingerprint density at radius 1 is 1.17 bits per heavy atom. The van der Waals surface area contributed by atoms with Gasteiger partial charge in [0.2, 0.25) is 0 Å². The Bertz CT molecular complexity index is 1040. The number of aldehydes is 1. The molecule has 0 unspecified atom stereocenters. The number of benzene rings is 2. The number of aromatic nitrogens is 1. The van der Waals surface area contributed by atoms with Crippen molar-refractivity contribution in [2.75, 3.05) is 13.1 Å². The maximum Gasteiger partial charge on any atom is 0.256 e. The van der Waals surface area contributed by atoms with Gasteiger partial charge in [-0.1, -0.05) is 35.9 Å². The van der Waals surface area contributed by atoms with Gasteiger partial charge in [-0.2, -0.15) is 0 Å². The molecule has 1 amide bonds. The van der Waals surface area contributed by atoms with Gasteiger partial charge in [-0.15, -0.1) is 12.4 Å². The molecule has 2 aromatic carbocycles. The SMILES string of the molecule is Cl.O=CCn1cc(C(=O)N2CCC(c3ccccc3F)CC2)c2ccc(Cl)cc21. The molecule has 152 valence electrons. The molecule has 0 radical (unpaired) electrons. The molecule has 0 saturated carbocycles. The average molecular weight is 435 g/mol. The van der Waals surface area contributed by atoms with Gasteiger partial charge in [-0.25, -0.2) is 4.39 Å². The van der Waals surface area contributed by atoms with Gasteiger partial charge in [0.25, 0.3) is 5.91 Å². The summed E-state index contributed by atoms with van der Waals surface area (Å²) < 4.78 is 15.8. The highest BCUT2D eigenvalue weighted by molar-refractivity contribution is 6.31. The third-order valence-electron chi connectivity index (χ3n) is 5.47. The summed E-state index contributed by atoms with van der Waals surface area (Å²) in [7, 11) is 0. The van der Waals surface area contributed by atoms with E-state index in [4.69, 9.17) is 11.6 Å². The fourth-order valence-corrected chi connectivity index (χ4v) is 4.20. The fourth-order valence-electron chi connectivity index (χ4n) is 4.04. The molecule has 0 atom stereocenters. The molecule has 0 aliphatic carbocycles. The van der Waals surface area contributed by atoms with E-state index in [1.165, 1.54) is 6.07 Å². The molecule has 1 fully saturated rings. The molecule has 1 aliphatic rings. The first-order valence-electron chi connectivity index (χ1n) is 9.34. The molecule has 29 heavy (non-hydrogen) atoms. The summed E-state index contributed by atoms with van der Waals surface area (Å²) in [4.78, 5) is 26.0. The summed E-state index contributed by atoms with van der Waals surface area (Å²) in [6.45, 7) is 1.32. The van der Waals surface area contributed by atoms with Crippen molar-refractivity contribution in [2.45, 2.75) is 25.3 Å². The molecular formula is C22H21Cl2FN2O2. The molecule has 2 heterocycles. The largest absolute Gasteiger partial charge is 0.339 e. The number of hydrogen-bond donors (Lipinski definition) is 0. The van der Waals surface area contributed by atoms with Crippen molar-refractivity contribution in [1.29, 1.82) is 0 Å². The molecular weight excluding hydrogens is 414 g/mol. The molecule has 4 nitrogen and oxygen atoms in total. The zero-order chi connectivity index (χ0) is 19.7. The molecule has 3 aromatic rings. The second kappa shape index (κ2) is 8.97. The minimum Gasteiger partial charge on any atom is -0.339 e. The van der Waals surface area contributed by atoms with Gasteiger partial charge in [0, 0.05) is 29.7 Å². The third kappa shape index (κ3) is 4.16. The molecule has 0 bridgehead atoms. The van der Waals surface area contributed by atoms with Crippen LogP contribution in [0, 0.1) is 5.82 Å². The molecule has 1 saturated heterocycles. The Morgan fingerprint density at radius 2 is 1.90 bits per heavy atom. The minimum absolute atomic E-state index is 0. The molecule has 4 rings (SSSR count). The Balaban J connectivity index is 0.00000240. The van der Waals surface area contributed by atoms with Crippen LogP contribution in [0.3, 0.4) is 0 Å². The van der Waals surface area contributed by atoms with E-state index in [1.54, 1.807) is 29.0 Å². The van der Waals surface area contributed by atoms with Crippen LogP contribution in [-0.4, -0.2) is 34.7 Å². The third-order valence-corrected chi connectivity index (χ3v) is 5.71. The molecule has 1 aliphatic heterocycles. The van der Waals surface area contributed by atoms with E-state index in [0.717, 1.165) is 35.6 Å². The van der Waals surface area contributed by atoms with Gasteiger partial charge in [0.05, 0.1) is 17.6 Å². The van der Waals surface area contributed by atoms with Crippen LogP contribution in [0.1, 0.15) is 34.7 Å². The predicted molar refractivity (Wildman–Crippen MR) is 115 cm³/mol. The highest BCUT2D eigenvalue weighted by Crippen LogP contribution is 2.32. The molecule has 7 heteroatoms. The van der Waals surface area contributed by atoms with Crippen LogP contribution in [0.5, 0.6) is 0 Å². The first-order valence-corrected chi connectivity index (χ1v) is 9.72. The van der Waals surface area contributed by atoms with Crippen LogP contribution in [-0.2, 0) is 11.3 Å². The smallest absolute Gasteiger partial charge is 0.256 e. The van der Waals surface area contributed by atoms with E-state index in [-0.39, 0.29) is 36.6 Å². The van der Waals surface area contributed by atoms with Crippen LogP contribution in [0.2, 0.25) is 5.02 Å². The van der Waals surface area contributed by atoms with Crippen LogP contribution < -0.4 is 0 Å². The highest BCUT2D eigenvalue weighted by Gasteiger charge is 2.27. The molecule has 0 spiro atoms. The zero-order valence-corrected chi connectivity index (χ0v) is 17.3. The van der Waals surface area contributed by atoms with E-state index in [2.05, 4.69) is 0 Å². The van der Waals surface area contributed by atoms with Gasteiger partial charge in [-0.05, 0) is 42.5 Å². The number of rotatable bonds is 4. The lowest BCUT2D eigenvalue weighted by Gasteiger charge is -2.32. The van der Waals surface area contributed by atoms with E-state index in [0.29, 0.717) is 23.7 Å². The zero-order valence-electron chi connectivity index (χ0n) is 15.7.